The van der Waals surface area contributed by atoms with Gasteiger partial charge in [-0.25, -0.2) is 9.37 Å². The first kappa shape index (κ1) is 27.6. The third-order valence-corrected chi connectivity index (χ3v) is 7.87. The van der Waals surface area contributed by atoms with E-state index in [1.54, 1.807) is 36.4 Å². The number of aliphatic hydroxyl groups is 1. The maximum absolute atomic E-state index is 13.6. The third-order valence-electron chi connectivity index (χ3n) is 6.62. The summed E-state index contributed by atoms with van der Waals surface area (Å²) in [5.41, 5.74) is 1.16. The predicted octanol–water partition coefficient (Wildman–Crippen LogP) is 7.29. The van der Waals surface area contributed by atoms with E-state index in [0.29, 0.717) is 34.2 Å². The number of rotatable bonds is 9. The summed E-state index contributed by atoms with van der Waals surface area (Å²) in [7, 11) is 1.50. The summed E-state index contributed by atoms with van der Waals surface area (Å²) in [6.45, 7) is 2.62. The monoisotopic (exact) mass is 580 g/mol. The number of unbranched alkanes of at least 4 members (excludes halogenated alkanes) is 2. The van der Waals surface area contributed by atoms with Gasteiger partial charge in [0, 0.05) is 10.6 Å². The quantitative estimate of drug-likeness (QED) is 0.0967. The Hall–Kier alpha value is -3.95. The lowest BCUT2D eigenvalue weighted by atomic mass is 9.95. The van der Waals surface area contributed by atoms with Crippen molar-refractivity contribution in [2.45, 2.75) is 32.2 Å². The van der Waals surface area contributed by atoms with Crippen LogP contribution in [0.15, 0.2) is 66.2 Å². The smallest absolute Gasteiger partial charge is 0.301 e. The molecule has 206 valence electrons. The van der Waals surface area contributed by atoms with Gasteiger partial charge in [-0.05, 0) is 66.6 Å². The number of ether oxygens (including phenoxy) is 2. The second kappa shape index (κ2) is 11.7. The Bertz CT molecular complexity index is 1620. The molecule has 1 amide bonds. The Morgan fingerprint density at radius 1 is 1.07 bits per heavy atom. The molecule has 1 aliphatic heterocycles. The first-order valence-corrected chi connectivity index (χ1v) is 14.0. The molecule has 10 heteroatoms. The van der Waals surface area contributed by atoms with Crippen molar-refractivity contribution in [2.75, 3.05) is 18.6 Å². The molecule has 1 atom stereocenters. The fraction of sp³-hybridized carbons (Fsp3) is 0.233. The van der Waals surface area contributed by atoms with Crippen LogP contribution in [0.5, 0.6) is 11.5 Å². The lowest BCUT2D eigenvalue weighted by Gasteiger charge is -2.24. The molecule has 1 aromatic heterocycles. The third kappa shape index (κ3) is 5.26. The van der Waals surface area contributed by atoms with Gasteiger partial charge in [-0.3, -0.25) is 14.5 Å². The normalized spacial score (nSPS) is 16.6. The van der Waals surface area contributed by atoms with Crippen LogP contribution in [0.1, 0.15) is 43.4 Å². The van der Waals surface area contributed by atoms with Crippen LogP contribution in [0.4, 0.5) is 9.52 Å². The number of carbonyl (C=O) groups is 2. The Morgan fingerprint density at radius 2 is 1.85 bits per heavy atom. The summed E-state index contributed by atoms with van der Waals surface area (Å²) in [4.78, 5) is 32.8. The van der Waals surface area contributed by atoms with Crippen LogP contribution < -0.4 is 14.4 Å². The molecule has 1 unspecified atom stereocenters. The standard InChI is InChI=1S/C30H26ClFN2O5S/c1-3-4-5-14-39-22-13-8-18(15-23(22)38-2)26-25(27(35)17-6-10-20(32)11-7-17)28(36)29(37)34(26)30-33-21-12-9-19(31)16-24(21)40-30/h6-13,15-16,26,35H,3-5,14H2,1-2H3/b27-25+. The van der Waals surface area contributed by atoms with Crippen LogP contribution in [0, 0.1) is 5.82 Å². The van der Waals surface area contributed by atoms with Crippen molar-refractivity contribution in [2.24, 2.45) is 0 Å². The number of halogens is 2. The number of methoxy groups -OCH3 is 1. The number of carbonyl (C=O) groups excluding carboxylic acids is 2. The van der Waals surface area contributed by atoms with Gasteiger partial charge in [0.2, 0.25) is 0 Å². The molecule has 40 heavy (non-hydrogen) atoms. The van der Waals surface area contributed by atoms with Gasteiger partial charge in [0.05, 0.1) is 35.5 Å². The summed E-state index contributed by atoms with van der Waals surface area (Å²) in [5.74, 6) is -1.72. The molecule has 0 radical (unpaired) electrons. The fourth-order valence-corrected chi connectivity index (χ4v) is 5.87. The van der Waals surface area contributed by atoms with E-state index in [4.69, 9.17) is 21.1 Å². The number of thiazole rings is 1. The first-order valence-electron chi connectivity index (χ1n) is 12.8. The number of benzene rings is 3. The van der Waals surface area contributed by atoms with Crippen molar-refractivity contribution in [1.29, 1.82) is 0 Å². The van der Waals surface area contributed by atoms with Gasteiger partial charge in [0.15, 0.2) is 16.6 Å². The number of ketones is 1. The highest BCUT2D eigenvalue weighted by Crippen LogP contribution is 2.46. The van der Waals surface area contributed by atoms with E-state index in [1.165, 1.54) is 47.6 Å². The zero-order valence-electron chi connectivity index (χ0n) is 21.8. The van der Waals surface area contributed by atoms with Crippen molar-refractivity contribution in [3.63, 3.8) is 0 Å². The van der Waals surface area contributed by atoms with Gasteiger partial charge in [-0.15, -0.1) is 0 Å². The van der Waals surface area contributed by atoms with Gasteiger partial charge in [0.1, 0.15) is 11.6 Å². The summed E-state index contributed by atoms with van der Waals surface area (Å²) in [6, 6.07) is 14.3. The number of aliphatic hydroxyl groups excluding tert-OH is 1. The molecule has 1 saturated heterocycles. The Balaban J connectivity index is 1.65. The molecular formula is C30H26ClFN2O5S. The maximum Gasteiger partial charge on any atom is 0.301 e. The molecule has 0 spiro atoms. The summed E-state index contributed by atoms with van der Waals surface area (Å²) >= 11 is 7.36. The highest BCUT2D eigenvalue weighted by atomic mass is 35.5. The molecule has 1 fully saturated rings. The van der Waals surface area contributed by atoms with Gasteiger partial charge < -0.3 is 14.6 Å². The number of aromatic nitrogens is 1. The summed E-state index contributed by atoms with van der Waals surface area (Å²) < 4.78 is 25.8. The lowest BCUT2D eigenvalue weighted by Crippen LogP contribution is -2.29. The second-order valence-corrected chi connectivity index (χ2v) is 10.7. The first-order chi connectivity index (χ1) is 19.3. The highest BCUT2D eigenvalue weighted by Gasteiger charge is 2.48. The molecule has 5 rings (SSSR count). The molecule has 0 aliphatic carbocycles. The number of hydrogen-bond donors (Lipinski definition) is 1. The maximum atomic E-state index is 13.6. The van der Waals surface area contributed by atoms with Gasteiger partial charge >= 0.3 is 5.91 Å². The molecule has 7 nitrogen and oxygen atoms in total. The molecule has 2 heterocycles. The van der Waals surface area contributed by atoms with Crippen molar-refractivity contribution >= 4 is 55.7 Å². The average Bonchev–Trinajstić information content (AvgIpc) is 3.48. The van der Waals surface area contributed by atoms with E-state index in [9.17, 15) is 19.1 Å². The van der Waals surface area contributed by atoms with Crippen LogP contribution >= 0.6 is 22.9 Å². The van der Waals surface area contributed by atoms with E-state index < -0.39 is 29.3 Å². The number of amides is 1. The van der Waals surface area contributed by atoms with Crippen LogP contribution in [0.3, 0.4) is 0 Å². The zero-order chi connectivity index (χ0) is 28.4. The minimum Gasteiger partial charge on any atom is -0.507 e. The van der Waals surface area contributed by atoms with Gasteiger partial charge in [-0.2, -0.15) is 0 Å². The van der Waals surface area contributed by atoms with E-state index in [1.807, 2.05) is 0 Å². The minimum atomic E-state index is -1.04. The second-order valence-electron chi connectivity index (χ2n) is 9.25. The predicted molar refractivity (Wildman–Crippen MR) is 154 cm³/mol. The number of hydrogen-bond acceptors (Lipinski definition) is 7. The van der Waals surface area contributed by atoms with E-state index in [2.05, 4.69) is 11.9 Å². The molecule has 1 N–H and O–H groups in total. The van der Waals surface area contributed by atoms with E-state index >= 15 is 0 Å². The molecule has 0 bridgehead atoms. The molecule has 3 aromatic carbocycles. The van der Waals surface area contributed by atoms with Crippen molar-refractivity contribution in [3.8, 4) is 11.5 Å². The molecule has 4 aromatic rings. The lowest BCUT2D eigenvalue weighted by molar-refractivity contribution is -0.132. The minimum absolute atomic E-state index is 0.146. The van der Waals surface area contributed by atoms with Crippen LogP contribution in [-0.4, -0.2) is 35.5 Å². The summed E-state index contributed by atoms with van der Waals surface area (Å²) in [6.07, 6.45) is 2.98. The van der Waals surface area contributed by atoms with Gasteiger partial charge in [0.25, 0.3) is 5.78 Å². The average molecular weight is 581 g/mol. The Labute approximate surface area is 239 Å². The molecular weight excluding hydrogens is 555 g/mol. The van der Waals surface area contributed by atoms with Crippen molar-refractivity contribution in [3.05, 3.63) is 88.2 Å². The molecule has 1 aliphatic rings. The van der Waals surface area contributed by atoms with E-state index in [-0.39, 0.29) is 16.3 Å². The van der Waals surface area contributed by atoms with E-state index in [0.717, 1.165) is 24.0 Å². The summed E-state index contributed by atoms with van der Waals surface area (Å²) in [5, 5.41) is 12.1. The Kier molecular flexibility index (Phi) is 8.04. The number of fused-ring (bicyclic) bond motifs is 1. The zero-order valence-corrected chi connectivity index (χ0v) is 23.4. The Morgan fingerprint density at radius 3 is 2.58 bits per heavy atom. The van der Waals surface area contributed by atoms with Crippen LogP contribution in [-0.2, 0) is 9.59 Å². The SMILES string of the molecule is CCCCCOc1ccc(C2/C(=C(\O)c3ccc(F)cc3)C(=O)C(=O)N2c2nc3ccc(Cl)cc3s2)cc1OC. The van der Waals surface area contributed by atoms with Crippen molar-refractivity contribution < 1.29 is 28.6 Å². The highest BCUT2D eigenvalue weighted by molar-refractivity contribution is 7.22. The fourth-order valence-electron chi connectivity index (χ4n) is 4.61. The number of Topliss-reactive ketones (excluding diaryl/α,β-unsaturated/α-hetero) is 1. The number of anilines is 1. The van der Waals surface area contributed by atoms with Crippen molar-refractivity contribution in [1.82, 2.24) is 4.98 Å². The number of nitrogens with zero attached hydrogens (tertiary/aromatic N) is 2. The van der Waals surface area contributed by atoms with Crippen LogP contribution in [0.2, 0.25) is 5.02 Å². The molecule has 0 saturated carbocycles. The topological polar surface area (TPSA) is 89.0 Å². The van der Waals surface area contributed by atoms with Gasteiger partial charge in [-0.1, -0.05) is 48.8 Å². The van der Waals surface area contributed by atoms with Crippen LogP contribution in [0.25, 0.3) is 16.0 Å². The largest absolute Gasteiger partial charge is 0.507 e.